The quantitative estimate of drug-likeness (QED) is 0.486. The van der Waals surface area contributed by atoms with E-state index in [-0.39, 0.29) is 34.7 Å². The molecule has 3 rings (SSSR count). The van der Waals surface area contributed by atoms with Gasteiger partial charge in [0.05, 0.1) is 18.1 Å². The number of aromatic nitrogens is 3. The van der Waals surface area contributed by atoms with E-state index in [1.807, 2.05) is 0 Å². The number of amidine groups is 1. The van der Waals surface area contributed by atoms with Gasteiger partial charge < -0.3 is 10.8 Å². The van der Waals surface area contributed by atoms with Gasteiger partial charge in [-0.25, -0.2) is 22.8 Å². The fourth-order valence-corrected chi connectivity index (χ4v) is 2.15. The first kappa shape index (κ1) is 18.9. The molecule has 4 N–H and O–H groups in total. The molecule has 0 saturated heterocycles. The highest BCUT2D eigenvalue weighted by atomic mass is 19.1. The maximum absolute atomic E-state index is 13.7. The van der Waals surface area contributed by atoms with Crippen molar-refractivity contribution < 1.29 is 23.1 Å². The lowest BCUT2D eigenvalue weighted by atomic mass is 10.2. The van der Waals surface area contributed by atoms with Gasteiger partial charge in [-0.15, -0.1) is 0 Å². The van der Waals surface area contributed by atoms with Crippen LogP contribution in [0, 0.1) is 22.9 Å². The molecule has 10 heteroatoms. The summed E-state index contributed by atoms with van der Waals surface area (Å²) in [5, 5.41) is 19.2. The van der Waals surface area contributed by atoms with Crippen LogP contribution in [0.4, 0.5) is 13.2 Å². The predicted octanol–water partition coefficient (Wildman–Crippen LogP) is 2.27. The highest BCUT2D eigenvalue weighted by molar-refractivity contribution is 6.04. The monoisotopic (exact) mass is 365 g/mol. The van der Waals surface area contributed by atoms with Crippen LogP contribution in [-0.2, 0) is 11.3 Å². The van der Waals surface area contributed by atoms with Crippen LogP contribution >= 0.6 is 0 Å². The van der Waals surface area contributed by atoms with Crippen LogP contribution in [0.5, 0.6) is 0 Å². The number of nitrogens with one attached hydrogen (secondary N) is 1. The SMILES string of the molecule is CC(=O)O.N=C(N)c1nn(Cc2ccc(F)cc2F)c2ncc(F)cc12. The van der Waals surface area contributed by atoms with Gasteiger partial charge in [0.15, 0.2) is 5.65 Å². The number of nitrogens with zero attached hydrogens (tertiary/aromatic N) is 3. The molecule has 0 unspecified atom stereocenters. The van der Waals surface area contributed by atoms with E-state index in [0.717, 1.165) is 31.3 Å². The van der Waals surface area contributed by atoms with Gasteiger partial charge in [-0.05, 0) is 12.1 Å². The summed E-state index contributed by atoms with van der Waals surface area (Å²) in [4.78, 5) is 12.9. The molecule has 0 radical (unpaired) electrons. The topological polar surface area (TPSA) is 118 Å². The van der Waals surface area contributed by atoms with E-state index in [4.69, 9.17) is 21.0 Å². The Labute approximate surface area is 145 Å². The Bertz CT molecular complexity index is 983. The third-order valence-corrected chi connectivity index (χ3v) is 3.14. The molecule has 3 aromatic rings. The third kappa shape index (κ3) is 4.35. The molecule has 136 valence electrons. The summed E-state index contributed by atoms with van der Waals surface area (Å²) in [5.74, 6) is -3.19. The first-order chi connectivity index (χ1) is 12.2. The number of benzene rings is 1. The van der Waals surface area contributed by atoms with Crippen molar-refractivity contribution in [3.05, 3.63) is 59.2 Å². The molecule has 7 nitrogen and oxygen atoms in total. The molecule has 2 aromatic heterocycles. The van der Waals surface area contributed by atoms with Crippen molar-refractivity contribution in [2.45, 2.75) is 13.5 Å². The molecule has 1 aromatic carbocycles. The Morgan fingerprint density at radius 3 is 2.50 bits per heavy atom. The molecular formula is C16H14F3N5O2. The fourth-order valence-electron chi connectivity index (χ4n) is 2.15. The Morgan fingerprint density at radius 2 is 1.92 bits per heavy atom. The number of carboxylic acids is 1. The maximum Gasteiger partial charge on any atom is 0.300 e. The smallest absolute Gasteiger partial charge is 0.300 e. The lowest BCUT2D eigenvalue weighted by Crippen LogP contribution is -2.13. The number of halogens is 3. The molecule has 0 saturated carbocycles. The molecule has 0 atom stereocenters. The minimum atomic E-state index is -0.833. The summed E-state index contributed by atoms with van der Waals surface area (Å²) in [5.41, 5.74) is 5.93. The van der Waals surface area contributed by atoms with Gasteiger partial charge in [0.25, 0.3) is 5.97 Å². The van der Waals surface area contributed by atoms with Crippen molar-refractivity contribution in [2.24, 2.45) is 5.73 Å². The van der Waals surface area contributed by atoms with Crippen LogP contribution in [0.15, 0.2) is 30.5 Å². The first-order valence-electron chi connectivity index (χ1n) is 7.19. The summed E-state index contributed by atoms with van der Waals surface area (Å²) in [7, 11) is 0. The summed E-state index contributed by atoms with van der Waals surface area (Å²) in [6.07, 6.45) is 0.992. The number of rotatable bonds is 3. The second-order valence-electron chi connectivity index (χ2n) is 5.20. The van der Waals surface area contributed by atoms with Crippen molar-refractivity contribution in [3.8, 4) is 0 Å². The predicted molar refractivity (Wildman–Crippen MR) is 87.3 cm³/mol. The molecule has 26 heavy (non-hydrogen) atoms. The third-order valence-electron chi connectivity index (χ3n) is 3.14. The second-order valence-corrected chi connectivity index (χ2v) is 5.20. The highest BCUT2D eigenvalue weighted by Crippen LogP contribution is 2.19. The molecule has 0 aliphatic carbocycles. The Kier molecular flexibility index (Phi) is 5.55. The zero-order valence-electron chi connectivity index (χ0n) is 13.5. The van der Waals surface area contributed by atoms with Gasteiger partial charge in [-0.1, -0.05) is 6.07 Å². The zero-order chi connectivity index (χ0) is 19.4. The van der Waals surface area contributed by atoms with Crippen molar-refractivity contribution in [1.82, 2.24) is 14.8 Å². The lowest BCUT2D eigenvalue weighted by Gasteiger charge is -2.04. The number of carbonyl (C=O) groups is 1. The van der Waals surface area contributed by atoms with Crippen molar-refractivity contribution in [3.63, 3.8) is 0 Å². The molecule has 0 amide bonds. The van der Waals surface area contributed by atoms with E-state index in [9.17, 15) is 13.2 Å². The highest BCUT2D eigenvalue weighted by Gasteiger charge is 2.16. The molecule has 2 heterocycles. The number of nitrogens with two attached hydrogens (primary N) is 1. The Balaban J connectivity index is 0.000000552. The average molecular weight is 365 g/mol. The average Bonchev–Trinajstić information content (AvgIpc) is 2.87. The Hall–Kier alpha value is -3.43. The molecular weight excluding hydrogens is 351 g/mol. The van der Waals surface area contributed by atoms with Gasteiger partial charge in [0.1, 0.15) is 29.0 Å². The van der Waals surface area contributed by atoms with Gasteiger partial charge >= 0.3 is 0 Å². The van der Waals surface area contributed by atoms with Crippen molar-refractivity contribution in [2.75, 3.05) is 0 Å². The van der Waals surface area contributed by atoms with E-state index in [1.165, 1.54) is 10.7 Å². The van der Waals surface area contributed by atoms with Crippen LogP contribution in [-0.4, -0.2) is 31.7 Å². The number of fused-ring (bicyclic) bond motifs is 1. The first-order valence-corrected chi connectivity index (χ1v) is 7.19. The largest absolute Gasteiger partial charge is 0.481 e. The van der Waals surface area contributed by atoms with Gasteiger partial charge in [0.2, 0.25) is 0 Å². The number of hydrogen-bond acceptors (Lipinski definition) is 4. The minimum Gasteiger partial charge on any atom is -0.481 e. The normalized spacial score (nSPS) is 10.3. The molecule has 0 spiro atoms. The maximum atomic E-state index is 13.7. The fraction of sp³-hybridized carbons (Fsp3) is 0.125. The van der Waals surface area contributed by atoms with Gasteiger partial charge in [-0.3, -0.25) is 10.2 Å². The standard InChI is InChI=1S/C14H10F3N5.C2H4O2/c15-8-2-1-7(11(17)4-8)6-22-14-10(3-9(16)5-20-14)12(21-22)13(18)19;1-2(3)4/h1-5H,6H2,(H3,18,19);1H3,(H,3,4). The summed E-state index contributed by atoms with van der Waals surface area (Å²) in [6, 6.07) is 4.34. The van der Waals surface area contributed by atoms with E-state index in [0.29, 0.717) is 0 Å². The number of aliphatic carboxylic acids is 1. The molecule has 0 aliphatic rings. The summed E-state index contributed by atoms with van der Waals surface area (Å²) < 4.78 is 41.3. The Morgan fingerprint density at radius 1 is 1.27 bits per heavy atom. The summed E-state index contributed by atoms with van der Waals surface area (Å²) >= 11 is 0. The zero-order valence-corrected chi connectivity index (χ0v) is 13.5. The number of carboxylic acid groups (broad SMARTS) is 1. The van der Waals surface area contributed by atoms with Crippen LogP contribution in [0.1, 0.15) is 18.2 Å². The van der Waals surface area contributed by atoms with E-state index >= 15 is 0 Å². The van der Waals surface area contributed by atoms with Crippen LogP contribution in [0.3, 0.4) is 0 Å². The van der Waals surface area contributed by atoms with Crippen molar-refractivity contribution >= 4 is 22.8 Å². The van der Waals surface area contributed by atoms with E-state index < -0.39 is 23.4 Å². The van der Waals surface area contributed by atoms with Crippen LogP contribution in [0.2, 0.25) is 0 Å². The van der Waals surface area contributed by atoms with Gasteiger partial charge in [0, 0.05) is 18.6 Å². The number of pyridine rings is 1. The minimum absolute atomic E-state index is 0.0471. The van der Waals surface area contributed by atoms with Crippen LogP contribution < -0.4 is 5.73 Å². The number of nitrogen functional groups attached to an aromatic ring is 1. The molecule has 0 bridgehead atoms. The van der Waals surface area contributed by atoms with E-state index in [2.05, 4.69) is 10.1 Å². The van der Waals surface area contributed by atoms with E-state index in [1.54, 1.807) is 0 Å². The summed E-state index contributed by atoms with van der Waals surface area (Å²) in [6.45, 7) is 1.04. The van der Waals surface area contributed by atoms with Gasteiger partial charge in [-0.2, -0.15) is 5.10 Å². The van der Waals surface area contributed by atoms with Crippen LogP contribution in [0.25, 0.3) is 11.0 Å². The number of hydrogen-bond donors (Lipinski definition) is 3. The van der Waals surface area contributed by atoms with Crippen molar-refractivity contribution in [1.29, 1.82) is 5.41 Å². The molecule has 0 fully saturated rings. The lowest BCUT2D eigenvalue weighted by molar-refractivity contribution is -0.134. The second kappa shape index (κ2) is 7.64. The molecule has 0 aliphatic heterocycles.